The molecule has 2 aromatic carbocycles. The van der Waals surface area contributed by atoms with Gasteiger partial charge in [0.05, 0.1) is 19.0 Å². The fourth-order valence-electron chi connectivity index (χ4n) is 2.91. The molecule has 0 fully saturated rings. The van der Waals surface area contributed by atoms with Gasteiger partial charge in [-0.2, -0.15) is 5.10 Å². The van der Waals surface area contributed by atoms with Crippen molar-refractivity contribution < 1.29 is 4.74 Å². The fourth-order valence-corrected chi connectivity index (χ4v) is 4.46. The maximum Gasteiger partial charge on any atom is 0.206 e. The van der Waals surface area contributed by atoms with Gasteiger partial charge in [0.25, 0.3) is 0 Å². The zero-order valence-corrected chi connectivity index (χ0v) is 17.6. The topological polar surface area (TPSA) is 38.9 Å². The molecule has 2 aromatic heterocycles. The summed E-state index contributed by atoms with van der Waals surface area (Å²) in [4.78, 5) is 6.76. The average Bonchev–Trinajstić information content (AvgIpc) is 3.35. The Labute approximate surface area is 172 Å². The number of nitrogens with zero attached hydrogens (tertiary/aromatic N) is 3. The Morgan fingerprint density at radius 2 is 1.86 bits per heavy atom. The number of hydrogen-bond acceptors (Lipinski definition) is 5. The van der Waals surface area contributed by atoms with E-state index in [0.717, 1.165) is 32.1 Å². The van der Waals surface area contributed by atoms with Crippen molar-refractivity contribution in [3.05, 3.63) is 69.0 Å². The van der Waals surface area contributed by atoms with E-state index in [9.17, 15) is 0 Å². The monoisotopic (exact) mass is 407 g/mol. The minimum absolute atomic E-state index is 0.207. The normalized spacial score (nSPS) is 12.5. The van der Waals surface area contributed by atoms with E-state index >= 15 is 0 Å². The molecular weight excluding hydrogens is 386 g/mol. The van der Waals surface area contributed by atoms with Crippen molar-refractivity contribution in [2.45, 2.75) is 19.9 Å². The highest BCUT2D eigenvalue weighted by Gasteiger charge is 2.09. The van der Waals surface area contributed by atoms with Crippen molar-refractivity contribution in [2.75, 3.05) is 7.11 Å². The molecule has 0 amide bonds. The molecule has 4 rings (SSSR count). The van der Waals surface area contributed by atoms with Gasteiger partial charge in [-0.25, -0.2) is 4.68 Å². The predicted octanol–water partition coefficient (Wildman–Crippen LogP) is 5.63. The minimum Gasteiger partial charge on any atom is -0.497 e. The highest BCUT2D eigenvalue weighted by molar-refractivity contribution is 7.11. The fraction of sp³-hybridized carbons (Fsp3) is 0.182. The van der Waals surface area contributed by atoms with Gasteiger partial charge < -0.3 is 4.74 Å². The zero-order chi connectivity index (χ0) is 19.5. The Hall–Kier alpha value is -2.70. The summed E-state index contributed by atoms with van der Waals surface area (Å²) in [5.74, 6) is 0.865. The molecule has 0 spiro atoms. The second kappa shape index (κ2) is 8.12. The lowest BCUT2D eigenvalue weighted by Crippen LogP contribution is -2.14. The minimum atomic E-state index is 0.207. The van der Waals surface area contributed by atoms with E-state index in [1.54, 1.807) is 29.8 Å². The van der Waals surface area contributed by atoms with Crippen LogP contribution in [0.2, 0.25) is 0 Å². The van der Waals surface area contributed by atoms with Crippen LogP contribution >= 0.6 is 22.7 Å². The molecule has 0 bridgehead atoms. The van der Waals surface area contributed by atoms with E-state index in [2.05, 4.69) is 61.0 Å². The molecule has 0 saturated heterocycles. The average molecular weight is 408 g/mol. The van der Waals surface area contributed by atoms with Crippen molar-refractivity contribution >= 4 is 39.7 Å². The van der Waals surface area contributed by atoms with Gasteiger partial charge in [-0.05, 0) is 54.3 Å². The molecule has 0 aliphatic carbocycles. The smallest absolute Gasteiger partial charge is 0.206 e. The van der Waals surface area contributed by atoms with E-state index in [1.807, 2.05) is 23.0 Å². The number of rotatable bonds is 5. The Morgan fingerprint density at radius 3 is 2.61 bits per heavy atom. The second-order valence-corrected chi connectivity index (χ2v) is 8.44. The lowest BCUT2D eigenvalue weighted by atomic mass is 10.1. The van der Waals surface area contributed by atoms with Gasteiger partial charge >= 0.3 is 0 Å². The third kappa shape index (κ3) is 3.93. The van der Waals surface area contributed by atoms with Gasteiger partial charge in [0.2, 0.25) is 4.80 Å². The molecular formula is C22H21N3OS2. The van der Waals surface area contributed by atoms with E-state index < -0.39 is 0 Å². The third-order valence-corrected chi connectivity index (χ3v) is 5.88. The van der Waals surface area contributed by atoms with Gasteiger partial charge in [-0.15, -0.1) is 22.7 Å². The maximum absolute atomic E-state index is 5.33. The molecule has 0 atom stereocenters. The van der Waals surface area contributed by atoms with Crippen LogP contribution in [-0.2, 0) is 0 Å². The van der Waals surface area contributed by atoms with Crippen LogP contribution in [0.15, 0.2) is 69.4 Å². The molecule has 0 aliphatic heterocycles. The van der Waals surface area contributed by atoms with Gasteiger partial charge in [0, 0.05) is 21.9 Å². The molecule has 4 nitrogen and oxygen atoms in total. The molecule has 0 saturated carbocycles. The van der Waals surface area contributed by atoms with Crippen molar-refractivity contribution in [3.8, 4) is 17.0 Å². The first-order valence-electron chi connectivity index (χ1n) is 9.04. The van der Waals surface area contributed by atoms with E-state index in [-0.39, 0.29) is 6.04 Å². The van der Waals surface area contributed by atoms with Crippen molar-refractivity contribution in [3.63, 3.8) is 0 Å². The maximum atomic E-state index is 5.33. The number of methoxy groups -OCH3 is 1. The van der Waals surface area contributed by atoms with Crippen LogP contribution in [0.4, 0.5) is 0 Å². The van der Waals surface area contributed by atoms with Gasteiger partial charge in [0.1, 0.15) is 5.75 Å². The summed E-state index contributed by atoms with van der Waals surface area (Å²) in [7, 11) is 1.69. The van der Waals surface area contributed by atoms with Crippen LogP contribution in [-0.4, -0.2) is 24.0 Å². The van der Waals surface area contributed by atoms with Crippen LogP contribution < -0.4 is 9.54 Å². The number of ether oxygens (including phenoxy) is 1. The summed E-state index contributed by atoms with van der Waals surface area (Å²) in [6.45, 7) is 4.16. The van der Waals surface area contributed by atoms with Crippen LogP contribution in [0.5, 0.6) is 5.75 Å². The summed E-state index contributed by atoms with van der Waals surface area (Å²) in [6.07, 6.45) is 1.89. The summed E-state index contributed by atoms with van der Waals surface area (Å²) in [5.41, 5.74) is 2.15. The summed E-state index contributed by atoms with van der Waals surface area (Å²) < 4.78 is 7.27. The van der Waals surface area contributed by atoms with Crippen LogP contribution in [0.25, 0.3) is 22.0 Å². The second-order valence-electron chi connectivity index (χ2n) is 6.63. The lowest BCUT2D eigenvalue weighted by Gasteiger charge is -2.07. The van der Waals surface area contributed by atoms with Crippen LogP contribution in [0, 0.1) is 0 Å². The quantitative estimate of drug-likeness (QED) is 0.395. The van der Waals surface area contributed by atoms with E-state index in [4.69, 9.17) is 14.8 Å². The molecule has 0 unspecified atom stereocenters. The summed E-state index contributed by atoms with van der Waals surface area (Å²) in [5, 5.41) is 11.2. The number of benzene rings is 2. The molecule has 0 N–H and O–H groups in total. The van der Waals surface area contributed by atoms with E-state index in [0.29, 0.717) is 0 Å². The molecule has 28 heavy (non-hydrogen) atoms. The Balaban J connectivity index is 1.82. The number of aromatic nitrogens is 1. The SMILES string of the molecule is COc1ccc2cc(-c3csc(=NC(C)C)n3N=Cc3cccs3)ccc2c1. The third-order valence-electron chi connectivity index (χ3n) is 4.24. The first kappa shape index (κ1) is 18.7. The van der Waals surface area contributed by atoms with Crippen molar-refractivity contribution in [1.29, 1.82) is 0 Å². The van der Waals surface area contributed by atoms with Crippen LogP contribution in [0.3, 0.4) is 0 Å². The molecule has 142 valence electrons. The lowest BCUT2D eigenvalue weighted by molar-refractivity contribution is 0.415. The highest BCUT2D eigenvalue weighted by atomic mass is 32.1. The Morgan fingerprint density at radius 1 is 1.04 bits per heavy atom. The standard InChI is InChI=1S/C22H21N3OS2/c1-15(2)24-22-25(23-13-20-5-4-10-27-20)21(14-28-22)18-7-6-17-12-19(26-3)9-8-16(17)11-18/h4-15H,1-3H3. The summed E-state index contributed by atoms with van der Waals surface area (Å²) in [6, 6.07) is 16.9. The summed E-state index contributed by atoms with van der Waals surface area (Å²) >= 11 is 3.28. The van der Waals surface area contributed by atoms with E-state index in [1.165, 1.54) is 5.39 Å². The molecule has 0 aliphatic rings. The predicted molar refractivity (Wildman–Crippen MR) is 120 cm³/mol. The molecule has 2 heterocycles. The first-order valence-corrected chi connectivity index (χ1v) is 10.8. The van der Waals surface area contributed by atoms with Crippen LogP contribution in [0.1, 0.15) is 18.7 Å². The number of hydrogen-bond donors (Lipinski definition) is 0. The van der Waals surface area contributed by atoms with Crippen molar-refractivity contribution in [1.82, 2.24) is 4.68 Å². The number of fused-ring (bicyclic) bond motifs is 1. The van der Waals surface area contributed by atoms with Gasteiger partial charge in [-0.3, -0.25) is 4.99 Å². The first-order chi connectivity index (χ1) is 13.6. The highest BCUT2D eigenvalue weighted by Crippen LogP contribution is 2.27. The number of thiazole rings is 1. The van der Waals surface area contributed by atoms with Gasteiger partial charge in [0.15, 0.2) is 0 Å². The number of thiophene rings is 1. The van der Waals surface area contributed by atoms with Crippen molar-refractivity contribution in [2.24, 2.45) is 10.1 Å². The molecule has 6 heteroatoms. The molecule has 4 aromatic rings. The van der Waals surface area contributed by atoms with Gasteiger partial charge in [-0.1, -0.05) is 24.3 Å². The Bertz CT molecular complexity index is 1180. The zero-order valence-electron chi connectivity index (χ0n) is 16.0. The molecule has 0 radical (unpaired) electrons. The Kier molecular flexibility index (Phi) is 5.41. The largest absolute Gasteiger partial charge is 0.497 e.